The number of thiophene rings is 1. The molecule has 1 aromatic rings. The van der Waals surface area contributed by atoms with Crippen LogP contribution in [0.1, 0.15) is 23.6 Å². The van der Waals surface area contributed by atoms with Crippen molar-refractivity contribution in [1.82, 2.24) is 4.90 Å². The zero-order valence-electron chi connectivity index (χ0n) is 10.8. The highest BCUT2D eigenvalue weighted by atomic mass is 32.1. The third-order valence-corrected chi connectivity index (χ3v) is 3.52. The maximum Gasteiger partial charge on any atom is 0.104 e. The molecule has 3 nitrogen and oxygen atoms in total. The molecule has 0 amide bonds. The van der Waals surface area contributed by atoms with Gasteiger partial charge in [0.2, 0.25) is 0 Å². The van der Waals surface area contributed by atoms with Crippen LogP contribution in [0.2, 0.25) is 0 Å². The maximum absolute atomic E-state index is 8.83. The largest absolute Gasteiger partial charge is 0.384 e. The Labute approximate surface area is 113 Å². The summed E-state index contributed by atoms with van der Waals surface area (Å²) >= 11 is 1.64. The number of aliphatic hydroxyl groups is 1. The van der Waals surface area contributed by atoms with Crippen molar-refractivity contribution in [1.29, 1.82) is 5.26 Å². The molecule has 96 valence electrons. The zero-order chi connectivity index (χ0) is 13.4. The molecule has 1 N–H and O–H groups in total. The van der Waals surface area contributed by atoms with Gasteiger partial charge in [0.1, 0.15) is 6.61 Å². The van der Waals surface area contributed by atoms with Gasteiger partial charge in [0.05, 0.1) is 16.9 Å². The van der Waals surface area contributed by atoms with Gasteiger partial charge in [0.15, 0.2) is 0 Å². The quantitative estimate of drug-likeness (QED) is 0.826. The molecule has 0 saturated heterocycles. The molecule has 0 aliphatic carbocycles. The van der Waals surface area contributed by atoms with E-state index < -0.39 is 0 Å². The first-order valence-corrected chi connectivity index (χ1v) is 6.81. The van der Waals surface area contributed by atoms with Gasteiger partial charge in [0, 0.05) is 18.0 Å². The molecule has 0 aromatic carbocycles. The fraction of sp³-hybridized carbons (Fsp3) is 0.500. The van der Waals surface area contributed by atoms with Crippen molar-refractivity contribution in [2.45, 2.75) is 20.4 Å². The number of hydrogen-bond donors (Lipinski definition) is 1. The van der Waals surface area contributed by atoms with Gasteiger partial charge in [-0.25, -0.2) is 0 Å². The van der Waals surface area contributed by atoms with Gasteiger partial charge in [-0.2, -0.15) is 5.26 Å². The Bertz CT molecular complexity index is 464. The lowest BCUT2D eigenvalue weighted by Gasteiger charge is -2.20. The minimum atomic E-state index is -0.103. The lowest BCUT2D eigenvalue weighted by Crippen LogP contribution is -2.27. The van der Waals surface area contributed by atoms with E-state index in [0.29, 0.717) is 0 Å². The molecule has 0 bridgehead atoms. The predicted molar refractivity (Wildman–Crippen MR) is 74.0 cm³/mol. The van der Waals surface area contributed by atoms with Crippen molar-refractivity contribution in [3.05, 3.63) is 21.9 Å². The molecular weight excluding hydrogens is 244 g/mol. The monoisotopic (exact) mass is 262 g/mol. The van der Waals surface area contributed by atoms with E-state index in [1.165, 1.54) is 4.88 Å². The normalized spacial score (nSPS) is 11.7. The van der Waals surface area contributed by atoms with Crippen molar-refractivity contribution >= 4 is 11.3 Å². The van der Waals surface area contributed by atoms with E-state index in [9.17, 15) is 0 Å². The number of rotatable bonds is 5. The maximum atomic E-state index is 8.83. The number of aliphatic hydroxyl groups excluding tert-OH is 1. The van der Waals surface area contributed by atoms with Crippen molar-refractivity contribution < 1.29 is 5.11 Å². The van der Waals surface area contributed by atoms with Gasteiger partial charge in [-0.05, 0) is 25.6 Å². The Morgan fingerprint density at radius 3 is 2.89 bits per heavy atom. The predicted octanol–water partition coefficient (Wildman–Crippen LogP) is 2.07. The van der Waals surface area contributed by atoms with E-state index in [-0.39, 0.29) is 12.5 Å². The summed E-state index contributed by atoms with van der Waals surface area (Å²) in [6.07, 6.45) is 0. The van der Waals surface area contributed by atoms with E-state index >= 15 is 0 Å². The van der Waals surface area contributed by atoms with E-state index in [0.717, 1.165) is 24.5 Å². The second-order valence-corrected chi connectivity index (χ2v) is 5.25. The van der Waals surface area contributed by atoms with Crippen LogP contribution in [-0.2, 0) is 6.54 Å². The van der Waals surface area contributed by atoms with Gasteiger partial charge in [-0.3, -0.25) is 4.90 Å². The number of nitrogens with zero attached hydrogens (tertiary/aromatic N) is 2. The summed E-state index contributed by atoms with van der Waals surface area (Å²) in [7, 11) is 0. The average molecular weight is 262 g/mol. The molecule has 1 unspecified atom stereocenters. The Kier molecular flexibility index (Phi) is 6.46. The van der Waals surface area contributed by atoms with Crippen LogP contribution in [0.15, 0.2) is 12.1 Å². The molecule has 0 saturated carbocycles. The molecule has 1 heterocycles. The Morgan fingerprint density at radius 2 is 2.28 bits per heavy atom. The van der Waals surface area contributed by atoms with Crippen molar-refractivity contribution in [3.8, 4) is 17.9 Å². The molecule has 1 rings (SSSR count). The van der Waals surface area contributed by atoms with Crippen LogP contribution in [-0.4, -0.2) is 29.7 Å². The molecule has 0 aliphatic heterocycles. The van der Waals surface area contributed by atoms with Crippen LogP contribution in [0.25, 0.3) is 0 Å². The number of nitriles is 1. The third kappa shape index (κ3) is 4.89. The minimum absolute atomic E-state index is 0.0542. The van der Waals surface area contributed by atoms with Gasteiger partial charge >= 0.3 is 0 Å². The third-order valence-electron chi connectivity index (χ3n) is 2.53. The first-order valence-electron chi connectivity index (χ1n) is 6.00. The fourth-order valence-electron chi connectivity index (χ4n) is 1.61. The van der Waals surface area contributed by atoms with E-state index in [4.69, 9.17) is 10.4 Å². The van der Waals surface area contributed by atoms with Gasteiger partial charge in [-0.15, -0.1) is 11.3 Å². The van der Waals surface area contributed by atoms with Crippen LogP contribution in [0.3, 0.4) is 0 Å². The molecule has 1 aromatic heterocycles. The Balaban J connectivity index is 2.59. The van der Waals surface area contributed by atoms with Crippen LogP contribution in [0, 0.1) is 29.1 Å². The first-order chi connectivity index (χ1) is 8.69. The van der Waals surface area contributed by atoms with Gasteiger partial charge in [-0.1, -0.05) is 18.8 Å². The van der Waals surface area contributed by atoms with Crippen LogP contribution in [0.4, 0.5) is 0 Å². The molecule has 0 fully saturated rings. The van der Waals surface area contributed by atoms with Crippen molar-refractivity contribution in [3.63, 3.8) is 0 Å². The average Bonchev–Trinajstić information content (AvgIpc) is 2.82. The molecular formula is C14H18N2OS. The second-order valence-electron chi connectivity index (χ2n) is 4.08. The lowest BCUT2D eigenvalue weighted by atomic mass is 10.2. The highest BCUT2D eigenvalue weighted by molar-refractivity contribution is 7.12. The Hall–Kier alpha value is -1.33. The lowest BCUT2D eigenvalue weighted by molar-refractivity contribution is 0.262. The Morgan fingerprint density at radius 1 is 1.50 bits per heavy atom. The zero-order valence-corrected chi connectivity index (χ0v) is 11.6. The van der Waals surface area contributed by atoms with Crippen LogP contribution < -0.4 is 0 Å². The molecule has 18 heavy (non-hydrogen) atoms. The van der Waals surface area contributed by atoms with Gasteiger partial charge in [0.25, 0.3) is 0 Å². The van der Waals surface area contributed by atoms with Crippen molar-refractivity contribution in [2.24, 2.45) is 5.92 Å². The summed E-state index contributed by atoms with van der Waals surface area (Å²) in [6.45, 7) is 6.52. The van der Waals surface area contributed by atoms with Crippen LogP contribution in [0.5, 0.6) is 0 Å². The highest BCUT2D eigenvalue weighted by Gasteiger charge is 2.09. The number of hydrogen-bond acceptors (Lipinski definition) is 4. The molecule has 0 aliphatic rings. The summed E-state index contributed by atoms with van der Waals surface area (Å²) in [5.74, 6) is 5.61. The SMILES string of the molecule is CCN(Cc1ccc(C#CCO)s1)CC(C)C#N. The highest BCUT2D eigenvalue weighted by Crippen LogP contribution is 2.18. The van der Waals surface area contributed by atoms with Crippen molar-refractivity contribution in [2.75, 3.05) is 19.7 Å². The van der Waals surface area contributed by atoms with E-state index in [1.54, 1.807) is 11.3 Å². The minimum Gasteiger partial charge on any atom is -0.384 e. The van der Waals surface area contributed by atoms with Gasteiger partial charge < -0.3 is 5.11 Å². The summed E-state index contributed by atoms with van der Waals surface area (Å²) < 4.78 is 0. The van der Waals surface area contributed by atoms with Crippen LogP contribution >= 0.6 is 11.3 Å². The topological polar surface area (TPSA) is 47.3 Å². The molecule has 0 radical (unpaired) electrons. The summed E-state index contributed by atoms with van der Waals surface area (Å²) in [4.78, 5) is 4.47. The molecule has 0 spiro atoms. The standard InChI is InChI=1S/C14H18N2OS/c1-3-16(10-12(2)9-15)11-14-7-6-13(18-14)5-4-8-17/h6-7,12,17H,3,8,10-11H2,1-2H3. The fourth-order valence-corrected chi connectivity index (χ4v) is 2.54. The summed E-state index contributed by atoms with van der Waals surface area (Å²) in [5.41, 5.74) is 0. The van der Waals surface area contributed by atoms with E-state index in [2.05, 4.69) is 35.8 Å². The van der Waals surface area contributed by atoms with E-state index in [1.807, 2.05) is 13.0 Å². The second kappa shape index (κ2) is 7.89. The molecule has 4 heteroatoms. The molecule has 1 atom stereocenters. The smallest absolute Gasteiger partial charge is 0.104 e. The summed E-state index contributed by atoms with van der Waals surface area (Å²) in [5, 5.41) is 17.5. The summed E-state index contributed by atoms with van der Waals surface area (Å²) in [6, 6.07) is 6.30. The first kappa shape index (κ1) is 14.7.